The summed E-state index contributed by atoms with van der Waals surface area (Å²) in [5.74, 6) is 0.390. The lowest BCUT2D eigenvalue weighted by molar-refractivity contribution is 0.318. The molecule has 1 N–H and O–H groups in total. The molecule has 0 atom stereocenters. The van der Waals surface area contributed by atoms with Gasteiger partial charge in [0.2, 0.25) is 10.0 Å². The maximum Gasteiger partial charge on any atom is 0.243 e. The van der Waals surface area contributed by atoms with Crippen molar-refractivity contribution in [3.05, 3.63) is 47.5 Å². The minimum absolute atomic E-state index is 0.00574. The van der Waals surface area contributed by atoms with Crippen LogP contribution in [0.15, 0.2) is 46.3 Å². The van der Waals surface area contributed by atoms with E-state index in [9.17, 15) is 13.5 Å². The van der Waals surface area contributed by atoms with Gasteiger partial charge in [-0.3, -0.25) is 4.99 Å². The second-order valence-electron chi connectivity index (χ2n) is 5.92. The summed E-state index contributed by atoms with van der Waals surface area (Å²) in [6.45, 7) is 8.48. The first-order chi connectivity index (χ1) is 12.8. The summed E-state index contributed by atoms with van der Waals surface area (Å²) in [5, 5.41) is 10.2. The molecule has 6 nitrogen and oxygen atoms in total. The Morgan fingerprint density at radius 3 is 2.48 bits per heavy atom. The monoisotopic (exact) mass is 390 g/mol. The fourth-order valence-corrected chi connectivity index (χ4v) is 4.41. The highest BCUT2D eigenvalue weighted by atomic mass is 32.2. The number of nitrogens with zero attached hydrogens (tertiary/aromatic N) is 2. The van der Waals surface area contributed by atoms with Gasteiger partial charge >= 0.3 is 0 Å². The van der Waals surface area contributed by atoms with Crippen molar-refractivity contribution < 1.29 is 18.3 Å². The number of aryl methyl sites for hydroxylation is 1. The predicted octanol–water partition coefficient (Wildman–Crippen LogP) is 3.88. The molecule has 146 valence electrons. The van der Waals surface area contributed by atoms with Crippen molar-refractivity contribution >= 4 is 21.9 Å². The Kier molecular flexibility index (Phi) is 6.98. The zero-order valence-corrected chi connectivity index (χ0v) is 17.0. The van der Waals surface area contributed by atoms with E-state index in [2.05, 4.69) is 4.99 Å². The number of rotatable bonds is 8. The normalized spacial score (nSPS) is 12.0. The molecular weight excluding hydrogens is 364 g/mol. The van der Waals surface area contributed by atoms with E-state index in [1.165, 1.54) is 10.5 Å². The standard InChI is InChI=1S/C20H26N2O4S/c1-5-22(6-2)27(24,25)19-13-17(12-11-15(19)4)21-14-16-9-8-10-18(20(16)23)26-7-3/h8-14,23H,5-7H2,1-4H3. The van der Waals surface area contributed by atoms with Crippen LogP contribution in [0.2, 0.25) is 0 Å². The molecule has 2 aromatic carbocycles. The lowest BCUT2D eigenvalue weighted by Crippen LogP contribution is -2.31. The van der Waals surface area contributed by atoms with E-state index in [1.54, 1.807) is 43.3 Å². The molecule has 27 heavy (non-hydrogen) atoms. The highest BCUT2D eigenvalue weighted by molar-refractivity contribution is 7.89. The van der Waals surface area contributed by atoms with Gasteiger partial charge in [0.05, 0.1) is 17.2 Å². The van der Waals surface area contributed by atoms with Gasteiger partial charge in [0.15, 0.2) is 11.5 Å². The highest BCUT2D eigenvalue weighted by Crippen LogP contribution is 2.30. The molecule has 0 saturated heterocycles. The molecule has 0 amide bonds. The van der Waals surface area contributed by atoms with Crippen LogP contribution in [0, 0.1) is 6.92 Å². The predicted molar refractivity (Wildman–Crippen MR) is 108 cm³/mol. The number of hydrogen-bond acceptors (Lipinski definition) is 5. The molecule has 2 aromatic rings. The molecule has 0 heterocycles. The smallest absolute Gasteiger partial charge is 0.243 e. The highest BCUT2D eigenvalue weighted by Gasteiger charge is 2.23. The van der Waals surface area contributed by atoms with E-state index in [4.69, 9.17) is 4.74 Å². The summed E-state index contributed by atoms with van der Waals surface area (Å²) in [6, 6.07) is 10.2. The Hall–Kier alpha value is -2.38. The van der Waals surface area contributed by atoms with E-state index in [0.29, 0.717) is 42.3 Å². The molecule has 0 fully saturated rings. The summed E-state index contributed by atoms with van der Waals surface area (Å²) in [4.78, 5) is 4.58. The Morgan fingerprint density at radius 2 is 1.85 bits per heavy atom. The average Bonchev–Trinajstić information content (AvgIpc) is 2.64. The van der Waals surface area contributed by atoms with Gasteiger partial charge in [-0.15, -0.1) is 0 Å². The maximum absolute atomic E-state index is 12.8. The van der Waals surface area contributed by atoms with Gasteiger partial charge in [-0.25, -0.2) is 8.42 Å². The number of para-hydroxylation sites is 1. The van der Waals surface area contributed by atoms with Crippen LogP contribution in [0.3, 0.4) is 0 Å². The fourth-order valence-electron chi connectivity index (χ4n) is 2.71. The fraction of sp³-hybridized carbons (Fsp3) is 0.350. The first-order valence-electron chi connectivity index (χ1n) is 8.94. The van der Waals surface area contributed by atoms with Crippen LogP contribution < -0.4 is 4.74 Å². The Labute approximate surface area is 161 Å². The molecule has 0 saturated carbocycles. The summed E-state index contributed by atoms with van der Waals surface area (Å²) in [6.07, 6.45) is 1.50. The third kappa shape index (κ3) is 4.67. The molecule has 0 aromatic heterocycles. The Bertz CT molecular complexity index is 920. The third-order valence-corrected chi connectivity index (χ3v) is 6.37. The van der Waals surface area contributed by atoms with Gasteiger partial charge in [0, 0.05) is 24.9 Å². The molecular formula is C20H26N2O4S. The van der Waals surface area contributed by atoms with Crippen LogP contribution in [0.4, 0.5) is 5.69 Å². The van der Waals surface area contributed by atoms with Crippen LogP contribution in [0.5, 0.6) is 11.5 Å². The van der Waals surface area contributed by atoms with Crippen molar-refractivity contribution in [3.63, 3.8) is 0 Å². The van der Waals surface area contributed by atoms with Crippen molar-refractivity contribution in [2.24, 2.45) is 4.99 Å². The van der Waals surface area contributed by atoms with Gasteiger partial charge in [-0.1, -0.05) is 26.0 Å². The quantitative estimate of drug-likeness (QED) is 0.694. The third-order valence-electron chi connectivity index (χ3n) is 4.18. The first kappa shape index (κ1) is 20.9. The molecule has 0 radical (unpaired) electrons. The van der Waals surface area contributed by atoms with Crippen LogP contribution in [-0.2, 0) is 10.0 Å². The van der Waals surface area contributed by atoms with E-state index in [1.807, 2.05) is 20.8 Å². The SMILES string of the molecule is CCOc1cccc(C=Nc2ccc(C)c(S(=O)(=O)N(CC)CC)c2)c1O. The molecule has 0 aliphatic rings. The molecule has 7 heteroatoms. The number of phenols is 1. The first-order valence-corrected chi connectivity index (χ1v) is 10.4. The minimum Gasteiger partial charge on any atom is -0.504 e. The van der Waals surface area contributed by atoms with E-state index in [0.717, 1.165) is 0 Å². The molecule has 0 spiro atoms. The average molecular weight is 391 g/mol. The second-order valence-corrected chi connectivity index (χ2v) is 7.83. The summed E-state index contributed by atoms with van der Waals surface area (Å²) in [7, 11) is -3.57. The molecule has 0 aliphatic carbocycles. The maximum atomic E-state index is 12.8. The van der Waals surface area contributed by atoms with Gasteiger partial charge < -0.3 is 9.84 Å². The topological polar surface area (TPSA) is 79.2 Å². The Morgan fingerprint density at radius 1 is 1.15 bits per heavy atom. The van der Waals surface area contributed by atoms with Crippen molar-refractivity contribution in [2.75, 3.05) is 19.7 Å². The molecule has 0 unspecified atom stereocenters. The van der Waals surface area contributed by atoms with E-state index < -0.39 is 10.0 Å². The van der Waals surface area contributed by atoms with Gasteiger partial charge in [-0.2, -0.15) is 4.31 Å². The molecule has 0 aliphatic heterocycles. The van der Waals surface area contributed by atoms with Gasteiger partial charge in [-0.05, 0) is 43.7 Å². The number of ether oxygens (including phenoxy) is 1. The van der Waals surface area contributed by atoms with Crippen molar-refractivity contribution in [1.82, 2.24) is 4.31 Å². The minimum atomic E-state index is -3.57. The van der Waals surface area contributed by atoms with E-state index >= 15 is 0 Å². The summed E-state index contributed by atoms with van der Waals surface area (Å²) in [5.41, 5.74) is 1.66. The summed E-state index contributed by atoms with van der Waals surface area (Å²) >= 11 is 0. The number of phenolic OH excluding ortho intramolecular Hbond substituents is 1. The van der Waals surface area contributed by atoms with Crippen LogP contribution in [-0.4, -0.2) is 43.7 Å². The second kappa shape index (κ2) is 9.01. The largest absolute Gasteiger partial charge is 0.504 e. The number of benzene rings is 2. The van der Waals surface area contributed by atoms with Crippen molar-refractivity contribution in [1.29, 1.82) is 0 Å². The summed E-state index contributed by atoms with van der Waals surface area (Å²) < 4.78 is 32.4. The molecule has 0 bridgehead atoms. The number of aromatic hydroxyl groups is 1. The van der Waals surface area contributed by atoms with Crippen molar-refractivity contribution in [2.45, 2.75) is 32.6 Å². The van der Waals surface area contributed by atoms with E-state index in [-0.39, 0.29) is 10.6 Å². The van der Waals surface area contributed by atoms with Crippen LogP contribution in [0.25, 0.3) is 0 Å². The zero-order chi connectivity index (χ0) is 20.0. The van der Waals surface area contributed by atoms with Gasteiger partial charge in [0.25, 0.3) is 0 Å². The lowest BCUT2D eigenvalue weighted by Gasteiger charge is -2.19. The Balaban J connectivity index is 2.40. The number of hydrogen-bond donors (Lipinski definition) is 1. The number of aliphatic imine (C=N–C) groups is 1. The molecule has 2 rings (SSSR count). The zero-order valence-electron chi connectivity index (χ0n) is 16.1. The van der Waals surface area contributed by atoms with Crippen molar-refractivity contribution in [3.8, 4) is 11.5 Å². The van der Waals surface area contributed by atoms with Crippen LogP contribution in [0.1, 0.15) is 31.9 Å². The number of sulfonamides is 1. The van der Waals surface area contributed by atoms with Crippen LogP contribution >= 0.6 is 0 Å². The van der Waals surface area contributed by atoms with Gasteiger partial charge in [0.1, 0.15) is 0 Å². The lowest BCUT2D eigenvalue weighted by atomic mass is 10.2.